The third-order valence-corrected chi connectivity index (χ3v) is 9.83. The van der Waals surface area contributed by atoms with Crippen LogP contribution in [-0.4, -0.2) is 72.6 Å². The van der Waals surface area contributed by atoms with Crippen LogP contribution in [0.1, 0.15) is 50.2 Å². The van der Waals surface area contributed by atoms with Crippen LogP contribution in [0, 0.1) is 40.8 Å². The van der Waals surface area contributed by atoms with Gasteiger partial charge in [0.15, 0.2) is 0 Å². The molecule has 3 unspecified atom stereocenters. The van der Waals surface area contributed by atoms with Crippen LogP contribution < -0.4 is 5.32 Å². The molecule has 1 heterocycles. The number of nitrogens with one attached hydrogen (secondary N) is 1. The maximum Gasteiger partial charge on any atom is 0.419 e. The summed E-state index contributed by atoms with van der Waals surface area (Å²) in [6, 6.07) is 13.5. The number of hydrogen-bond acceptors (Lipinski definition) is 4. The smallest absolute Gasteiger partial charge is 0.320 e. The lowest BCUT2D eigenvalue weighted by Gasteiger charge is -2.39. The second-order valence-electron chi connectivity index (χ2n) is 12.5. The van der Waals surface area contributed by atoms with Gasteiger partial charge in [-0.1, -0.05) is 31.5 Å². The zero-order valence-electron chi connectivity index (χ0n) is 24.7. The lowest BCUT2D eigenvalue weighted by atomic mass is 9.85. The van der Waals surface area contributed by atoms with Gasteiger partial charge in [0.25, 0.3) is 0 Å². The molecule has 4 aliphatic rings. The number of piperazine rings is 1. The van der Waals surface area contributed by atoms with Crippen LogP contribution in [0.15, 0.2) is 48.5 Å². The number of carbonyl (C=O) groups excluding carboxylic acids is 1. The van der Waals surface area contributed by atoms with Crippen molar-refractivity contribution in [3.05, 3.63) is 65.5 Å². The van der Waals surface area contributed by atoms with Gasteiger partial charge in [-0.05, 0) is 79.7 Å². The van der Waals surface area contributed by atoms with Crippen molar-refractivity contribution in [3.63, 3.8) is 0 Å². The summed E-state index contributed by atoms with van der Waals surface area (Å²) in [7, 11) is 0. The van der Waals surface area contributed by atoms with E-state index in [4.69, 9.17) is 5.26 Å². The van der Waals surface area contributed by atoms with E-state index in [0.29, 0.717) is 35.9 Å². The van der Waals surface area contributed by atoms with E-state index >= 15 is 0 Å². The highest BCUT2D eigenvalue weighted by Crippen LogP contribution is 2.58. The van der Waals surface area contributed by atoms with E-state index in [2.05, 4.69) is 22.0 Å². The molecule has 6 rings (SSSR count). The molecule has 0 aromatic heterocycles. The second kappa shape index (κ2) is 13.6. The molecule has 0 spiro atoms. The minimum Gasteiger partial charge on any atom is -0.320 e. The summed E-state index contributed by atoms with van der Waals surface area (Å²) in [5.41, 5.74) is -0.678. The molecule has 3 aliphatic carbocycles. The fourth-order valence-electron chi connectivity index (χ4n) is 7.02. The van der Waals surface area contributed by atoms with Crippen molar-refractivity contribution < 1.29 is 22.4 Å². The summed E-state index contributed by atoms with van der Waals surface area (Å²) in [6.07, 6.45) is 1.27. The number of anilines is 1. The number of alkyl halides is 3. The van der Waals surface area contributed by atoms with Crippen LogP contribution in [0.4, 0.5) is 28.0 Å². The lowest BCUT2D eigenvalue weighted by molar-refractivity contribution is -0.139. The molecule has 4 atom stereocenters. The van der Waals surface area contributed by atoms with Crippen molar-refractivity contribution in [2.75, 3.05) is 51.1 Å². The van der Waals surface area contributed by atoms with Gasteiger partial charge in [0.05, 0.1) is 17.2 Å². The molecule has 43 heavy (non-hydrogen) atoms. The highest BCUT2D eigenvalue weighted by molar-refractivity contribution is 5.89. The topological polar surface area (TPSA) is 62.6 Å². The highest BCUT2D eigenvalue weighted by atomic mass is 19.4. The fraction of sp³-hybridized carbons (Fsp3) is 0.576. The summed E-state index contributed by atoms with van der Waals surface area (Å²) >= 11 is 0. The minimum atomic E-state index is -4.81. The minimum absolute atomic E-state index is 0.0308. The first-order valence-electron chi connectivity index (χ1n) is 15.5. The highest BCUT2D eigenvalue weighted by Gasteiger charge is 2.57. The molecule has 2 aromatic rings. The van der Waals surface area contributed by atoms with E-state index in [1.165, 1.54) is 31.9 Å². The number of nitriles is 1. The third-order valence-electron chi connectivity index (χ3n) is 9.83. The Morgan fingerprint density at radius 1 is 1.02 bits per heavy atom. The summed E-state index contributed by atoms with van der Waals surface area (Å²) in [5.74, 6) is 1.23. The predicted octanol–water partition coefficient (Wildman–Crippen LogP) is 6.70. The second-order valence-corrected chi connectivity index (χ2v) is 12.5. The van der Waals surface area contributed by atoms with E-state index in [0.717, 1.165) is 57.5 Å². The first-order valence-corrected chi connectivity index (χ1v) is 15.5. The largest absolute Gasteiger partial charge is 0.419 e. The Hall–Kier alpha value is -3.16. The molecule has 10 heteroatoms. The summed E-state index contributed by atoms with van der Waals surface area (Å²) in [5, 5.41) is 10.9. The predicted molar refractivity (Wildman–Crippen MR) is 158 cm³/mol. The van der Waals surface area contributed by atoms with Crippen molar-refractivity contribution in [1.29, 1.82) is 5.26 Å². The molecule has 1 saturated heterocycles. The zero-order chi connectivity index (χ0) is 30.6. The average Bonchev–Trinajstić information content (AvgIpc) is 3.39. The number of benzene rings is 2. The van der Waals surface area contributed by atoms with E-state index in [1.807, 2.05) is 29.2 Å². The van der Waals surface area contributed by atoms with Gasteiger partial charge in [-0.15, -0.1) is 0 Å². The monoisotopic (exact) mass is 599 g/mol. The van der Waals surface area contributed by atoms with E-state index in [1.54, 1.807) is 12.1 Å². The van der Waals surface area contributed by atoms with Gasteiger partial charge in [0.2, 0.25) is 0 Å². The number of carbonyl (C=O) groups is 1. The number of fused-ring (bicyclic) bond motifs is 1. The molecule has 6 nitrogen and oxygen atoms in total. The number of amides is 2. The van der Waals surface area contributed by atoms with Crippen LogP contribution in [0.3, 0.4) is 0 Å². The molecule has 1 aliphatic heterocycles. The molecule has 1 N–H and O–H groups in total. The van der Waals surface area contributed by atoms with E-state index in [-0.39, 0.29) is 11.7 Å². The lowest BCUT2D eigenvalue weighted by Crippen LogP contribution is -2.52. The number of urea groups is 1. The van der Waals surface area contributed by atoms with Crippen molar-refractivity contribution in [1.82, 2.24) is 14.7 Å². The summed E-state index contributed by atoms with van der Waals surface area (Å²) in [4.78, 5) is 20.1. The van der Waals surface area contributed by atoms with Crippen molar-refractivity contribution in [2.24, 2.45) is 23.7 Å². The molecular formula is C33H41F4N5O. The maximum absolute atomic E-state index is 13.7. The molecule has 232 valence electrons. The van der Waals surface area contributed by atoms with Crippen molar-refractivity contribution in [3.8, 4) is 6.07 Å². The molecule has 2 amide bonds. The Labute approximate surface area is 251 Å². The molecule has 2 aromatic carbocycles. The standard InChI is InChI=1S/C26H36F4N4O.C7H5N/c1-17-20-6-8-23(24(17)20)34(14-13-32-9-11-33(12-10-32)16-18-3-2-4-18)25(35)31-19-5-7-22(27)21(15-19)26(28,29)30;8-6-7-4-2-1-3-5-7/h5,7,15,17-18,20,23-24H,2-4,6,8-14,16H2,1H3,(H,31,35);1-5H/t17-,20?,23?,24?;/m0./s1. The quantitative estimate of drug-likeness (QED) is 0.360. The average molecular weight is 600 g/mol. The van der Waals surface area contributed by atoms with Gasteiger partial charge in [0.1, 0.15) is 5.82 Å². The first kappa shape index (κ1) is 31.3. The Morgan fingerprint density at radius 3 is 2.28 bits per heavy atom. The van der Waals surface area contributed by atoms with Crippen LogP contribution in [0.5, 0.6) is 0 Å². The fourth-order valence-corrected chi connectivity index (χ4v) is 7.02. The van der Waals surface area contributed by atoms with Gasteiger partial charge >= 0.3 is 12.2 Å². The van der Waals surface area contributed by atoms with E-state index in [9.17, 15) is 22.4 Å². The molecule has 4 fully saturated rings. The van der Waals surface area contributed by atoms with Crippen LogP contribution >= 0.6 is 0 Å². The first-order chi connectivity index (χ1) is 20.6. The SMILES string of the molecule is C[C@H]1C2CCC(N(CCN3CCN(CC4CCC4)CC3)C(=O)Nc3ccc(F)c(C(F)(F)F)c3)C21.N#Cc1ccccc1. The Balaban J connectivity index is 0.000000400. The third kappa shape index (κ3) is 7.87. The molecule has 0 radical (unpaired) electrons. The number of hydrogen-bond donors (Lipinski definition) is 1. The molecule has 0 bridgehead atoms. The van der Waals surface area contributed by atoms with Crippen molar-refractivity contribution >= 4 is 11.7 Å². The van der Waals surface area contributed by atoms with Gasteiger partial charge < -0.3 is 15.1 Å². The summed E-state index contributed by atoms with van der Waals surface area (Å²) in [6.45, 7) is 8.75. The van der Waals surface area contributed by atoms with Gasteiger partial charge in [-0.2, -0.15) is 18.4 Å². The van der Waals surface area contributed by atoms with Crippen LogP contribution in [0.2, 0.25) is 0 Å². The maximum atomic E-state index is 13.7. The van der Waals surface area contributed by atoms with Crippen LogP contribution in [-0.2, 0) is 6.18 Å². The number of rotatable bonds is 7. The molecule has 3 saturated carbocycles. The summed E-state index contributed by atoms with van der Waals surface area (Å²) < 4.78 is 53.1. The Kier molecular flexibility index (Phi) is 9.92. The Bertz CT molecular complexity index is 1270. The van der Waals surface area contributed by atoms with E-state index < -0.39 is 23.6 Å². The van der Waals surface area contributed by atoms with Gasteiger partial charge in [-0.25, -0.2) is 9.18 Å². The van der Waals surface area contributed by atoms with Crippen LogP contribution in [0.25, 0.3) is 0 Å². The van der Waals surface area contributed by atoms with Crippen molar-refractivity contribution in [2.45, 2.75) is 51.2 Å². The van der Waals surface area contributed by atoms with Gasteiger partial charge in [-0.3, -0.25) is 4.90 Å². The molecular weight excluding hydrogens is 558 g/mol. The Morgan fingerprint density at radius 2 is 1.72 bits per heavy atom. The van der Waals surface area contributed by atoms with Gasteiger partial charge in [0, 0.05) is 57.5 Å². The zero-order valence-corrected chi connectivity index (χ0v) is 24.7. The number of nitrogens with zero attached hydrogens (tertiary/aromatic N) is 4. The normalized spacial score (nSPS) is 25.5. The number of halogens is 4.